The lowest BCUT2D eigenvalue weighted by Crippen LogP contribution is -2.37. The molecule has 2 saturated heterocycles. The van der Waals surface area contributed by atoms with Crippen molar-refractivity contribution in [1.29, 1.82) is 0 Å². The Morgan fingerprint density at radius 2 is 2.05 bits per heavy atom. The van der Waals surface area contributed by atoms with Crippen LogP contribution in [-0.4, -0.2) is 78.2 Å². The number of halogens is 3. The number of benzene rings is 1. The number of phenolic OH excluding ortho intramolecular Hbond substituents is 1. The van der Waals surface area contributed by atoms with Crippen molar-refractivity contribution in [2.45, 2.75) is 37.6 Å². The third kappa shape index (κ3) is 5.27. The van der Waals surface area contributed by atoms with E-state index in [9.17, 15) is 33.0 Å². The maximum absolute atomic E-state index is 13.3. The molecule has 12 nitrogen and oxygen atoms in total. The molecule has 1 aromatic carbocycles. The van der Waals surface area contributed by atoms with Gasteiger partial charge in [-0.05, 0) is 24.5 Å². The standard InChI is InChI=1S/C27H24F3N5O7/c28-27(29,30)23-18(13-41-33-23)19-10-32-24-25(31-4-6-35(19)24)42-16-1-2-17(21(38)9-16)20(37)7-14-3-5-34(11-14)26(39)22-8-15(36)12-40-22/h1-2,4,6,9-10,13-15,22,36,38H,3,5,7-8,11-12H2/t14-,15-,22+/m1/s1. The average molecular weight is 588 g/mol. The molecule has 0 spiro atoms. The maximum Gasteiger partial charge on any atom is 0.437 e. The number of aliphatic hydroxyl groups excluding tert-OH is 1. The van der Waals surface area contributed by atoms with E-state index in [2.05, 4.69) is 19.6 Å². The lowest BCUT2D eigenvalue weighted by atomic mass is 9.97. The van der Waals surface area contributed by atoms with Gasteiger partial charge in [-0.3, -0.25) is 14.0 Å². The van der Waals surface area contributed by atoms with E-state index in [1.807, 2.05) is 0 Å². The second-order valence-corrected chi connectivity index (χ2v) is 10.2. The normalized spacial score (nSPS) is 20.9. The Morgan fingerprint density at radius 3 is 2.79 bits per heavy atom. The van der Waals surface area contributed by atoms with Crippen molar-refractivity contribution in [3.63, 3.8) is 0 Å². The van der Waals surface area contributed by atoms with Crippen LogP contribution in [0.4, 0.5) is 13.2 Å². The van der Waals surface area contributed by atoms with Crippen LogP contribution in [0, 0.1) is 5.92 Å². The number of rotatable bonds is 7. The number of aliphatic hydroxyl groups is 1. The molecule has 0 radical (unpaired) electrons. The van der Waals surface area contributed by atoms with Crippen LogP contribution >= 0.6 is 0 Å². The first-order valence-electron chi connectivity index (χ1n) is 13.0. The number of hydrogen-bond acceptors (Lipinski definition) is 10. The van der Waals surface area contributed by atoms with Gasteiger partial charge in [0.2, 0.25) is 5.65 Å². The minimum absolute atomic E-state index is 0.0511. The molecule has 42 heavy (non-hydrogen) atoms. The number of ketones is 1. The van der Waals surface area contributed by atoms with Gasteiger partial charge in [0.1, 0.15) is 23.9 Å². The number of amides is 1. The van der Waals surface area contributed by atoms with E-state index in [0.717, 1.165) is 6.26 Å². The van der Waals surface area contributed by atoms with Crippen molar-refractivity contribution >= 4 is 17.3 Å². The molecule has 0 unspecified atom stereocenters. The Kier molecular flexibility index (Phi) is 7.06. The van der Waals surface area contributed by atoms with Crippen LogP contribution in [0.3, 0.4) is 0 Å². The summed E-state index contributed by atoms with van der Waals surface area (Å²) in [7, 11) is 0. The Balaban J connectivity index is 1.13. The van der Waals surface area contributed by atoms with Gasteiger partial charge < -0.3 is 29.1 Å². The number of aromatic hydroxyl groups is 1. The number of carbonyl (C=O) groups excluding carboxylic acids is 2. The van der Waals surface area contributed by atoms with Crippen molar-refractivity contribution in [3.05, 3.63) is 54.3 Å². The van der Waals surface area contributed by atoms with E-state index < -0.39 is 24.1 Å². The first-order chi connectivity index (χ1) is 20.1. The number of imidazole rings is 1. The SMILES string of the molecule is O=C(C[C@H]1CCN(C(=O)[C@@H]2C[C@@H](O)CO2)C1)c1ccc(Oc2nccn3c(-c4conc4C(F)(F)F)cnc23)cc1O. The van der Waals surface area contributed by atoms with E-state index in [0.29, 0.717) is 19.5 Å². The van der Waals surface area contributed by atoms with Crippen molar-refractivity contribution in [1.82, 2.24) is 24.4 Å². The van der Waals surface area contributed by atoms with E-state index in [1.165, 1.54) is 41.2 Å². The number of aromatic nitrogens is 4. The third-order valence-corrected chi connectivity index (χ3v) is 7.32. The molecule has 5 heterocycles. The molecular formula is C27H24F3N5O7. The molecule has 2 aliphatic heterocycles. The maximum atomic E-state index is 13.3. The molecule has 15 heteroatoms. The molecular weight excluding hydrogens is 563 g/mol. The van der Waals surface area contributed by atoms with E-state index in [-0.39, 0.29) is 76.9 Å². The van der Waals surface area contributed by atoms with Crippen LogP contribution < -0.4 is 4.74 Å². The van der Waals surface area contributed by atoms with Crippen LogP contribution in [0.15, 0.2) is 47.6 Å². The van der Waals surface area contributed by atoms with Gasteiger partial charge in [0.05, 0.1) is 35.7 Å². The van der Waals surface area contributed by atoms with E-state index >= 15 is 0 Å². The Labute approximate surface area is 235 Å². The second-order valence-electron chi connectivity index (χ2n) is 10.2. The van der Waals surface area contributed by atoms with Crippen LogP contribution in [0.1, 0.15) is 35.3 Å². The van der Waals surface area contributed by atoms with Gasteiger partial charge in [-0.1, -0.05) is 5.16 Å². The van der Waals surface area contributed by atoms with Gasteiger partial charge in [0, 0.05) is 44.4 Å². The zero-order valence-electron chi connectivity index (χ0n) is 21.8. The smallest absolute Gasteiger partial charge is 0.437 e. The average Bonchev–Trinajstić information content (AvgIpc) is 3.74. The summed E-state index contributed by atoms with van der Waals surface area (Å²) in [4.78, 5) is 35.5. The van der Waals surface area contributed by atoms with Gasteiger partial charge in [0.15, 0.2) is 11.5 Å². The number of likely N-dealkylation sites (tertiary alicyclic amines) is 1. The fourth-order valence-electron chi connectivity index (χ4n) is 5.27. The molecule has 0 saturated carbocycles. The van der Waals surface area contributed by atoms with Crippen LogP contribution in [-0.2, 0) is 15.7 Å². The minimum Gasteiger partial charge on any atom is -0.507 e. The third-order valence-electron chi connectivity index (χ3n) is 7.32. The molecule has 6 rings (SSSR count). The molecule has 1 amide bonds. The zero-order chi connectivity index (χ0) is 29.6. The molecule has 3 aromatic heterocycles. The molecule has 2 aliphatic rings. The van der Waals surface area contributed by atoms with Gasteiger partial charge >= 0.3 is 6.18 Å². The molecule has 220 valence electrons. The number of ether oxygens (including phenoxy) is 2. The summed E-state index contributed by atoms with van der Waals surface area (Å²) in [5.74, 6) is -0.859. The van der Waals surface area contributed by atoms with Gasteiger partial charge in [-0.2, -0.15) is 13.2 Å². The Morgan fingerprint density at radius 1 is 1.21 bits per heavy atom. The van der Waals surface area contributed by atoms with Gasteiger partial charge in [-0.15, -0.1) is 0 Å². The van der Waals surface area contributed by atoms with Crippen LogP contribution in [0.25, 0.3) is 16.9 Å². The highest BCUT2D eigenvalue weighted by molar-refractivity contribution is 5.99. The lowest BCUT2D eigenvalue weighted by Gasteiger charge is -2.20. The molecule has 2 fully saturated rings. The highest BCUT2D eigenvalue weighted by atomic mass is 19.4. The van der Waals surface area contributed by atoms with Crippen molar-refractivity contribution in [3.8, 4) is 28.6 Å². The minimum atomic E-state index is -4.74. The van der Waals surface area contributed by atoms with E-state index in [1.54, 1.807) is 4.90 Å². The Bertz CT molecular complexity index is 1650. The predicted molar refractivity (Wildman–Crippen MR) is 136 cm³/mol. The first-order valence-corrected chi connectivity index (χ1v) is 13.0. The molecule has 0 bridgehead atoms. The summed E-state index contributed by atoms with van der Waals surface area (Å²) in [6.45, 7) is 0.989. The zero-order valence-corrected chi connectivity index (χ0v) is 21.8. The first kappa shape index (κ1) is 27.7. The summed E-state index contributed by atoms with van der Waals surface area (Å²) in [6.07, 6.45) is -0.276. The monoisotopic (exact) mass is 587 g/mol. The van der Waals surface area contributed by atoms with Gasteiger partial charge in [0.25, 0.3) is 11.8 Å². The van der Waals surface area contributed by atoms with Crippen molar-refractivity contribution in [2.24, 2.45) is 5.92 Å². The Hall–Kier alpha value is -4.50. The summed E-state index contributed by atoms with van der Waals surface area (Å²) in [6, 6.07) is 4.09. The van der Waals surface area contributed by atoms with E-state index in [4.69, 9.17) is 9.47 Å². The summed E-state index contributed by atoms with van der Waals surface area (Å²) >= 11 is 0. The molecule has 3 atom stereocenters. The van der Waals surface area contributed by atoms with Gasteiger partial charge in [-0.25, -0.2) is 9.97 Å². The second kappa shape index (κ2) is 10.7. The molecule has 2 N–H and O–H groups in total. The number of carbonyl (C=O) groups is 2. The fourth-order valence-corrected chi connectivity index (χ4v) is 5.27. The fraction of sp³-hybridized carbons (Fsp3) is 0.370. The largest absolute Gasteiger partial charge is 0.507 e. The number of nitrogens with zero attached hydrogens (tertiary/aromatic N) is 5. The lowest BCUT2D eigenvalue weighted by molar-refractivity contribution is -0.142. The number of hydrogen-bond donors (Lipinski definition) is 2. The number of alkyl halides is 3. The van der Waals surface area contributed by atoms with Crippen LogP contribution in [0.5, 0.6) is 17.4 Å². The number of Topliss-reactive ketones (excluding diaryl/α,β-unsaturated/α-hetero) is 1. The molecule has 4 aromatic rings. The quantitative estimate of drug-likeness (QED) is 0.308. The highest BCUT2D eigenvalue weighted by Gasteiger charge is 2.39. The summed E-state index contributed by atoms with van der Waals surface area (Å²) in [5, 5.41) is 23.3. The highest BCUT2D eigenvalue weighted by Crippen LogP contribution is 2.37. The van der Waals surface area contributed by atoms with Crippen molar-refractivity contribution < 1.29 is 47.0 Å². The summed E-state index contributed by atoms with van der Waals surface area (Å²) in [5.41, 5.74) is -1.29. The van der Waals surface area contributed by atoms with Crippen LogP contribution in [0.2, 0.25) is 0 Å². The number of phenols is 1. The molecule has 0 aliphatic carbocycles. The van der Waals surface area contributed by atoms with Crippen molar-refractivity contribution in [2.75, 3.05) is 19.7 Å². The number of fused-ring (bicyclic) bond motifs is 1. The topological polar surface area (TPSA) is 153 Å². The predicted octanol–water partition coefficient (Wildman–Crippen LogP) is 3.47. The summed E-state index contributed by atoms with van der Waals surface area (Å²) < 4.78 is 57.0.